The van der Waals surface area contributed by atoms with Gasteiger partial charge in [-0.2, -0.15) is 0 Å². The van der Waals surface area contributed by atoms with E-state index >= 15 is 0 Å². The first-order valence-corrected chi connectivity index (χ1v) is 9.21. The summed E-state index contributed by atoms with van der Waals surface area (Å²) in [7, 11) is 0.361. The molecule has 0 aromatic carbocycles. The van der Waals surface area contributed by atoms with Crippen molar-refractivity contribution in [1.82, 2.24) is 14.5 Å². The Labute approximate surface area is 155 Å². The van der Waals surface area contributed by atoms with Crippen molar-refractivity contribution >= 4 is 40.0 Å². The molecule has 2 heterocycles. The largest absolute Gasteiger partial charge is 0.382 e. The molecule has 0 saturated carbocycles. The maximum absolute atomic E-state index is 11.8. The SMILES string of the molecule is CN=C(NCCN1CCCS1(=O)=O)N1CCOC(COC)C1.I. The quantitative estimate of drug-likeness (QED) is 0.339. The highest BCUT2D eigenvalue weighted by Gasteiger charge is 2.28. The fourth-order valence-corrected chi connectivity index (χ4v) is 4.29. The van der Waals surface area contributed by atoms with Crippen LogP contribution in [0.4, 0.5) is 0 Å². The van der Waals surface area contributed by atoms with Gasteiger partial charge in [0.1, 0.15) is 0 Å². The van der Waals surface area contributed by atoms with Crippen LogP contribution in [0.3, 0.4) is 0 Å². The average molecular weight is 462 g/mol. The fourth-order valence-electron chi connectivity index (χ4n) is 2.77. The Hall–Kier alpha value is -0.170. The Morgan fingerprint density at radius 2 is 2.22 bits per heavy atom. The Bertz CT molecular complexity index is 486. The lowest BCUT2D eigenvalue weighted by Crippen LogP contribution is -2.52. The van der Waals surface area contributed by atoms with Crippen LogP contribution in [0.25, 0.3) is 0 Å². The third-order valence-electron chi connectivity index (χ3n) is 3.85. The molecule has 2 aliphatic heterocycles. The predicted octanol–water partition coefficient (Wildman–Crippen LogP) is -0.437. The number of morpholine rings is 1. The number of aliphatic imine (C=N–C) groups is 1. The molecule has 23 heavy (non-hydrogen) atoms. The van der Waals surface area contributed by atoms with Gasteiger partial charge in [-0.1, -0.05) is 0 Å². The molecular weight excluding hydrogens is 435 g/mol. The molecule has 0 amide bonds. The zero-order valence-electron chi connectivity index (χ0n) is 13.7. The molecule has 136 valence electrons. The first kappa shape index (κ1) is 20.9. The van der Waals surface area contributed by atoms with Crippen LogP contribution in [0.15, 0.2) is 4.99 Å². The van der Waals surface area contributed by atoms with Crippen LogP contribution in [0.1, 0.15) is 6.42 Å². The smallest absolute Gasteiger partial charge is 0.214 e. The highest BCUT2D eigenvalue weighted by Crippen LogP contribution is 2.12. The van der Waals surface area contributed by atoms with Crippen LogP contribution in [0.5, 0.6) is 0 Å². The van der Waals surface area contributed by atoms with Gasteiger partial charge < -0.3 is 19.7 Å². The summed E-state index contributed by atoms with van der Waals surface area (Å²) in [5.74, 6) is 1.05. The summed E-state index contributed by atoms with van der Waals surface area (Å²) in [6, 6.07) is 0. The molecule has 0 aromatic rings. The van der Waals surface area contributed by atoms with E-state index in [1.165, 1.54) is 0 Å². The van der Waals surface area contributed by atoms with E-state index in [0.29, 0.717) is 32.8 Å². The lowest BCUT2D eigenvalue weighted by Gasteiger charge is -2.35. The van der Waals surface area contributed by atoms with E-state index in [1.54, 1.807) is 18.5 Å². The molecule has 8 nitrogen and oxygen atoms in total. The number of hydrogen-bond acceptors (Lipinski definition) is 5. The highest BCUT2D eigenvalue weighted by atomic mass is 127. The van der Waals surface area contributed by atoms with E-state index in [1.807, 2.05) is 0 Å². The van der Waals surface area contributed by atoms with Gasteiger partial charge in [0.05, 0.1) is 25.1 Å². The number of nitrogens with one attached hydrogen (secondary N) is 1. The van der Waals surface area contributed by atoms with Crippen molar-refractivity contribution < 1.29 is 17.9 Å². The van der Waals surface area contributed by atoms with Gasteiger partial charge in [-0.25, -0.2) is 12.7 Å². The molecule has 2 rings (SSSR count). The Kier molecular flexibility index (Phi) is 9.04. The van der Waals surface area contributed by atoms with Gasteiger partial charge in [-0.15, -0.1) is 24.0 Å². The zero-order valence-corrected chi connectivity index (χ0v) is 16.9. The molecule has 1 unspecified atom stereocenters. The summed E-state index contributed by atoms with van der Waals surface area (Å²) in [6.07, 6.45) is 0.760. The van der Waals surface area contributed by atoms with Crippen molar-refractivity contribution in [1.29, 1.82) is 0 Å². The van der Waals surface area contributed by atoms with Crippen LogP contribution in [-0.2, 0) is 19.5 Å². The third kappa shape index (κ3) is 6.00. The lowest BCUT2D eigenvalue weighted by atomic mass is 10.3. The Morgan fingerprint density at radius 3 is 2.83 bits per heavy atom. The highest BCUT2D eigenvalue weighted by molar-refractivity contribution is 14.0. The summed E-state index contributed by atoms with van der Waals surface area (Å²) in [6.45, 7) is 4.33. The van der Waals surface area contributed by atoms with E-state index in [4.69, 9.17) is 9.47 Å². The van der Waals surface area contributed by atoms with Crippen LogP contribution < -0.4 is 5.32 Å². The molecule has 0 radical (unpaired) electrons. The monoisotopic (exact) mass is 462 g/mol. The second kappa shape index (κ2) is 9.97. The van der Waals surface area contributed by atoms with Crippen molar-refractivity contribution in [2.75, 3.05) is 65.8 Å². The third-order valence-corrected chi connectivity index (χ3v) is 5.81. The molecule has 0 bridgehead atoms. The number of guanidine groups is 1. The Morgan fingerprint density at radius 1 is 1.43 bits per heavy atom. The maximum atomic E-state index is 11.8. The minimum Gasteiger partial charge on any atom is -0.382 e. The van der Waals surface area contributed by atoms with Gasteiger partial charge in [0, 0.05) is 46.9 Å². The molecule has 2 saturated heterocycles. The average Bonchev–Trinajstić information content (AvgIpc) is 2.83. The molecule has 0 aliphatic carbocycles. The molecule has 2 fully saturated rings. The van der Waals surface area contributed by atoms with Crippen LogP contribution in [0, 0.1) is 0 Å². The standard InChI is InChI=1S/C13H26N4O4S.HI/c1-14-13(16-7-8-21-12(10-16)11-20-2)15-4-6-17-5-3-9-22(17,18)19;/h12H,3-11H2,1-2H3,(H,14,15);1H. The molecule has 1 atom stereocenters. The minimum atomic E-state index is -3.03. The molecule has 2 aliphatic rings. The molecule has 1 N–H and O–H groups in total. The van der Waals surface area contributed by atoms with Crippen molar-refractivity contribution in [3.05, 3.63) is 0 Å². The van der Waals surface area contributed by atoms with Gasteiger partial charge in [-0.05, 0) is 6.42 Å². The van der Waals surface area contributed by atoms with E-state index in [9.17, 15) is 8.42 Å². The summed E-state index contributed by atoms with van der Waals surface area (Å²) in [5, 5.41) is 3.24. The van der Waals surface area contributed by atoms with Gasteiger partial charge in [0.25, 0.3) is 0 Å². The van der Waals surface area contributed by atoms with Gasteiger partial charge in [0.2, 0.25) is 10.0 Å². The predicted molar refractivity (Wildman–Crippen MR) is 99.9 cm³/mol. The number of ether oxygens (including phenoxy) is 2. The second-order valence-electron chi connectivity index (χ2n) is 5.44. The lowest BCUT2D eigenvalue weighted by molar-refractivity contribution is -0.0447. The summed E-state index contributed by atoms with van der Waals surface area (Å²) < 4.78 is 35.8. The number of halogens is 1. The summed E-state index contributed by atoms with van der Waals surface area (Å²) in [5.41, 5.74) is 0. The minimum absolute atomic E-state index is 0. The fraction of sp³-hybridized carbons (Fsp3) is 0.923. The van der Waals surface area contributed by atoms with Gasteiger partial charge in [-0.3, -0.25) is 4.99 Å². The molecular formula is C13H27IN4O4S. The van der Waals surface area contributed by atoms with E-state index in [-0.39, 0.29) is 35.8 Å². The molecule has 0 aromatic heterocycles. The molecule has 0 spiro atoms. The molecule has 10 heteroatoms. The second-order valence-corrected chi connectivity index (χ2v) is 7.53. The van der Waals surface area contributed by atoms with Crippen molar-refractivity contribution in [2.45, 2.75) is 12.5 Å². The first-order chi connectivity index (χ1) is 10.6. The van der Waals surface area contributed by atoms with Crippen molar-refractivity contribution in [3.63, 3.8) is 0 Å². The zero-order chi connectivity index (χ0) is 16.0. The van der Waals surface area contributed by atoms with Gasteiger partial charge in [0.15, 0.2) is 5.96 Å². The van der Waals surface area contributed by atoms with Crippen LogP contribution in [0.2, 0.25) is 0 Å². The summed E-state index contributed by atoms with van der Waals surface area (Å²) in [4.78, 5) is 6.39. The number of rotatable bonds is 5. The van der Waals surface area contributed by atoms with E-state index in [0.717, 1.165) is 25.5 Å². The van der Waals surface area contributed by atoms with E-state index < -0.39 is 10.0 Å². The first-order valence-electron chi connectivity index (χ1n) is 7.61. The topological polar surface area (TPSA) is 83.5 Å². The van der Waals surface area contributed by atoms with Crippen LogP contribution in [-0.4, -0.2) is 95.5 Å². The number of methoxy groups -OCH3 is 1. The number of sulfonamides is 1. The van der Waals surface area contributed by atoms with Gasteiger partial charge >= 0.3 is 0 Å². The van der Waals surface area contributed by atoms with Crippen molar-refractivity contribution in [2.24, 2.45) is 4.99 Å². The van der Waals surface area contributed by atoms with Crippen LogP contribution >= 0.6 is 24.0 Å². The summed E-state index contributed by atoms with van der Waals surface area (Å²) >= 11 is 0. The number of nitrogens with zero attached hydrogens (tertiary/aromatic N) is 3. The van der Waals surface area contributed by atoms with Crippen molar-refractivity contribution in [3.8, 4) is 0 Å². The Balaban J connectivity index is 0.00000264. The normalized spacial score (nSPS) is 25.2. The number of hydrogen-bond donors (Lipinski definition) is 1. The maximum Gasteiger partial charge on any atom is 0.214 e. The van der Waals surface area contributed by atoms with E-state index in [2.05, 4.69) is 15.2 Å².